The summed E-state index contributed by atoms with van der Waals surface area (Å²) in [6.07, 6.45) is -10.2. The molecule has 0 saturated carbocycles. The Morgan fingerprint density at radius 2 is 1.72 bits per heavy atom. The molecule has 0 unspecified atom stereocenters. The minimum atomic E-state index is -5.30. The molecule has 2 aromatic heterocycles. The largest absolute Gasteiger partial charge is 0.471 e. The van der Waals surface area contributed by atoms with E-state index in [1.54, 1.807) is 6.07 Å². The normalized spacial score (nSPS) is 12.3. The Morgan fingerprint density at radius 1 is 1.05 bits per heavy atom. The van der Waals surface area contributed by atoms with E-state index in [2.05, 4.69) is 14.6 Å². The topological polar surface area (TPSA) is 170 Å². The number of rotatable bonds is 7. The van der Waals surface area contributed by atoms with Gasteiger partial charge >= 0.3 is 20.2 Å². The minimum absolute atomic E-state index is 0.105. The summed E-state index contributed by atoms with van der Waals surface area (Å²) in [5.41, 5.74) is -8.02. The third kappa shape index (κ3) is 7.43. The number of aromatic nitrogens is 4. The van der Waals surface area contributed by atoms with E-state index in [-0.39, 0.29) is 21.3 Å². The lowest BCUT2D eigenvalue weighted by Crippen LogP contribution is -2.33. The van der Waals surface area contributed by atoms with Gasteiger partial charge in [-0.1, -0.05) is 11.6 Å². The molecule has 39 heavy (non-hydrogen) atoms. The molecular weight excluding hydrogens is 591 g/mol. The summed E-state index contributed by atoms with van der Waals surface area (Å²) >= 11 is 5.80. The first-order chi connectivity index (χ1) is 17.9. The van der Waals surface area contributed by atoms with Crippen molar-refractivity contribution in [2.45, 2.75) is 25.6 Å². The Kier molecular flexibility index (Phi) is 8.24. The van der Waals surface area contributed by atoms with Gasteiger partial charge in [-0.3, -0.25) is 18.7 Å². The van der Waals surface area contributed by atoms with Crippen LogP contribution < -0.4 is 15.9 Å². The summed E-state index contributed by atoms with van der Waals surface area (Å²) in [6.45, 7) is -2.46. The fraction of sp³-hybridized carbons (Fsp3) is 0.211. The van der Waals surface area contributed by atoms with Gasteiger partial charge in [0.05, 0.1) is 30.2 Å². The number of hydrogen-bond acceptors (Lipinski definition) is 8. The van der Waals surface area contributed by atoms with E-state index in [1.165, 1.54) is 0 Å². The zero-order valence-corrected chi connectivity index (χ0v) is 20.2. The van der Waals surface area contributed by atoms with Crippen LogP contribution in [0.1, 0.15) is 22.5 Å². The van der Waals surface area contributed by atoms with Crippen molar-refractivity contribution in [3.05, 3.63) is 78.8 Å². The molecule has 0 aliphatic heterocycles. The Labute approximate surface area is 216 Å². The minimum Gasteiger partial charge on any atom is -0.449 e. The van der Waals surface area contributed by atoms with Gasteiger partial charge in [-0.15, -0.1) is 0 Å². The van der Waals surface area contributed by atoms with Crippen molar-refractivity contribution in [3.8, 4) is 17.6 Å². The molecule has 208 valence electrons. The van der Waals surface area contributed by atoms with Crippen LogP contribution in [0.25, 0.3) is 0 Å². The Hall–Kier alpha value is -3.75. The lowest BCUT2D eigenvalue weighted by molar-refractivity contribution is -0.142. The SMILES string of the molecule is N#Cc1cc(Cl)cc(Oc2c(C(F)(F)F)ncn(Cc3cc(C(F)(F)F)c(=O)n(COP(=O)(O)O)n3)c2=O)c1. The van der Waals surface area contributed by atoms with Crippen molar-refractivity contribution in [2.24, 2.45) is 0 Å². The molecule has 0 fully saturated rings. The van der Waals surface area contributed by atoms with Crippen LogP contribution in [-0.4, -0.2) is 29.1 Å². The van der Waals surface area contributed by atoms with E-state index in [1.807, 2.05) is 0 Å². The molecule has 0 aliphatic carbocycles. The fourth-order valence-corrected chi connectivity index (χ4v) is 3.43. The highest BCUT2D eigenvalue weighted by molar-refractivity contribution is 7.46. The molecule has 0 amide bonds. The summed E-state index contributed by atoms with van der Waals surface area (Å²) < 4.78 is 101. The monoisotopic (exact) mass is 601 g/mol. The van der Waals surface area contributed by atoms with Gasteiger partial charge in [0.1, 0.15) is 11.3 Å². The lowest BCUT2D eigenvalue weighted by atomic mass is 10.2. The van der Waals surface area contributed by atoms with Crippen LogP contribution in [0.3, 0.4) is 0 Å². The molecule has 3 rings (SSSR count). The number of ether oxygens (including phenoxy) is 1. The van der Waals surface area contributed by atoms with Gasteiger partial charge in [0.15, 0.2) is 12.4 Å². The maximum absolute atomic E-state index is 13.6. The highest BCUT2D eigenvalue weighted by atomic mass is 35.5. The van der Waals surface area contributed by atoms with Crippen LogP contribution in [-0.2, 0) is 34.7 Å². The second-order valence-corrected chi connectivity index (χ2v) is 9.02. The van der Waals surface area contributed by atoms with Crippen LogP contribution in [0.5, 0.6) is 11.5 Å². The van der Waals surface area contributed by atoms with E-state index >= 15 is 0 Å². The van der Waals surface area contributed by atoms with E-state index in [0.29, 0.717) is 10.9 Å². The predicted molar refractivity (Wildman–Crippen MR) is 115 cm³/mol. The van der Waals surface area contributed by atoms with Crippen molar-refractivity contribution in [1.29, 1.82) is 5.26 Å². The van der Waals surface area contributed by atoms with Gasteiger partial charge in [0, 0.05) is 5.02 Å². The number of phosphoric ester groups is 1. The standard InChI is InChI=1S/C19H11ClF6N5O7P/c20-10-1-9(5-27)2-12(3-10)38-14-15(19(24,25)26)28-7-30(17(14)33)6-11-4-13(18(21,22)23)16(32)31(29-11)8-37-39(34,35)36/h1-4,7H,6,8H2,(H2,34,35,36). The molecular formula is C19H11ClF6N5O7P. The molecule has 1 aromatic carbocycles. The number of nitrogens with zero attached hydrogens (tertiary/aromatic N) is 5. The van der Waals surface area contributed by atoms with Gasteiger partial charge in [-0.2, -0.15) is 36.7 Å². The maximum atomic E-state index is 13.6. The fourth-order valence-electron chi connectivity index (χ4n) is 2.95. The highest BCUT2D eigenvalue weighted by Crippen LogP contribution is 2.37. The zero-order chi connectivity index (χ0) is 29.3. The van der Waals surface area contributed by atoms with Crippen LogP contribution in [0.15, 0.2) is 40.2 Å². The molecule has 0 aliphatic rings. The van der Waals surface area contributed by atoms with Crippen LogP contribution >= 0.6 is 19.4 Å². The smallest absolute Gasteiger partial charge is 0.449 e. The van der Waals surface area contributed by atoms with Crippen molar-refractivity contribution in [2.75, 3.05) is 0 Å². The van der Waals surface area contributed by atoms with Gasteiger partial charge in [-0.05, 0) is 24.3 Å². The molecule has 0 radical (unpaired) electrons. The summed E-state index contributed by atoms with van der Waals surface area (Å²) in [5, 5.41) is 12.3. The average Bonchev–Trinajstić information content (AvgIpc) is 2.79. The Morgan fingerprint density at radius 3 is 2.28 bits per heavy atom. The summed E-state index contributed by atoms with van der Waals surface area (Å²) in [5.74, 6) is -1.90. The third-order valence-electron chi connectivity index (χ3n) is 4.50. The Balaban J connectivity index is 2.14. The first-order valence-electron chi connectivity index (χ1n) is 9.82. The van der Waals surface area contributed by atoms with Crippen molar-refractivity contribution >= 4 is 19.4 Å². The van der Waals surface area contributed by atoms with Gasteiger partial charge < -0.3 is 14.5 Å². The predicted octanol–water partition coefficient (Wildman–Crippen LogP) is 3.27. The van der Waals surface area contributed by atoms with Crippen LogP contribution in [0.4, 0.5) is 26.3 Å². The van der Waals surface area contributed by atoms with E-state index < -0.39 is 73.0 Å². The molecule has 3 aromatic rings. The number of alkyl halides is 6. The molecule has 2 heterocycles. The number of nitriles is 1. The first kappa shape index (κ1) is 29.8. The molecule has 0 bridgehead atoms. The second-order valence-electron chi connectivity index (χ2n) is 7.34. The quantitative estimate of drug-likeness (QED) is 0.303. The summed E-state index contributed by atoms with van der Waals surface area (Å²) in [6, 6.07) is 4.93. The lowest BCUT2D eigenvalue weighted by Gasteiger charge is -2.16. The Bertz CT molecular complexity index is 1630. The third-order valence-corrected chi connectivity index (χ3v) is 5.17. The number of phosphoric acid groups is 1. The molecule has 0 atom stereocenters. The maximum Gasteiger partial charge on any atom is 0.471 e. The van der Waals surface area contributed by atoms with E-state index in [4.69, 9.17) is 31.4 Å². The molecule has 0 spiro atoms. The highest BCUT2D eigenvalue weighted by Gasteiger charge is 2.39. The number of halogens is 7. The molecule has 0 saturated heterocycles. The first-order valence-corrected chi connectivity index (χ1v) is 11.7. The summed E-state index contributed by atoms with van der Waals surface area (Å²) in [4.78, 5) is 45.7. The average molecular weight is 602 g/mol. The van der Waals surface area contributed by atoms with Crippen molar-refractivity contribution < 1.29 is 50.0 Å². The zero-order valence-electron chi connectivity index (χ0n) is 18.6. The van der Waals surface area contributed by atoms with Gasteiger partial charge in [-0.25, -0.2) is 14.2 Å². The second kappa shape index (κ2) is 10.8. The van der Waals surface area contributed by atoms with Gasteiger partial charge in [0.25, 0.3) is 11.1 Å². The van der Waals surface area contributed by atoms with Crippen molar-refractivity contribution in [3.63, 3.8) is 0 Å². The van der Waals surface area contributed by atoms with E-state index in [9.17, 15) is 40.5 Å². The van der Waals surface area contributed by atoms with Crippen molar-refractivity contribution in [1.82, 2.24) is 19.3 Å². The molecule has 20 heteroatoms. The van der Waals surface area contributed by atoms with Crippen LogP contribution in [0, 0.1) is 11.3 Å². The van der Waals surface area contributed by atoms with Crippen LogP contribution in [0.2, 0.25) is 5.02 Å². The molecule has 2 N–H and O–H groups in total. The molecule has 12 nitrogen and oxygen atoms in total. The van der Waals surface area contributed by atoms with Gasteiger partial charge in [0.2, 0.25) is 5.75 Å². The summed E-state index contributed by atoms with van der Waals surface area (Å²) in [7, 11) is -5.27. The number of hydrogen-bond donors (Lipinski definition) is 2. The van der Waals surface area contributed by atoms with E-state index in [0.717, 1.165) is 18.2 Å². The number of benzene rings is 1.